The number of carbonyl (C=O) groups excluding carboxylic acids is 2. The lowest BCUT2D eigenvalue weighted by Crippen LogP contribution is -2.49. The summed E-state index contributed by atoms with van der Waals surface area (Å²) in [5.74, 6) is 0.387. The molecule has 2 heterocycles. The van der Waals surface area contributed by atoms with E-state index in [4.69, 9.17) is 16.3 Å². The van der Waals surface area contributed by atoms with Crippen molar-refractivity contribution in [2.45, 2.75) is 12.8 Å². The number of carbonyl (C=O) groups is 2. The van der Waals surface area contributed by atoms with Gasteiger partial charge in [0.15, 0.2) is 0 Å². The van der Waals surface area contributed by atoms with Gasteiger partial charge in [-0.05, 0) is 42.0 Å². The summed E-state index contributed by atoms with van der Waals surface area (Å²) in [6, 6.07) is 12.8. The number of halogens is 2. The van der Waals surface area contributed by atoms with Gasteiger partial charge in [-0.1, -0.05) is 23.7 Å². The Balaban J connectivity index is 1.19. The van der Waals surface area contributed by atoms with Crippen LogP contribution in [-0.2, 0) is 16.0 Å². The summed E-state index contributed by atoms with van der Waals surface area (Å²) >= 11 is 5.91. The van der Waals surface area contributed by atoms with Crippen molar-refractivity contribution >= 4 is 35.1 Å². The summed E-state index contributed by atoms with van der Waals surface area (Å²) in [4.78, 5) is 37.3. The van der Waals surface area contributed by atoms with Crippen LogP contribution in [0.4, 0.5) is 16.0 Å². The highest BCUT2D eigenvalue weighted by Crippen LogP contribution is 2.25. The van der Waals surface area contributed by atoms with Crippen LogP contribution in [0, 0.1) is 5.82 Å². The van der Waals surface area contributed by atoms with Crippen molar-refractivity contribution in [1.82, 2.24) is 14.9 Å². The molecule has 0 unspecified atom stereocenters. The van der Waals surface area contributed by atoms with Gasteiger partial charge in [0.05, 0.1) is 24.5 Å². The molecule has 2 amide bonds. The van der Waals surface area contributed by atoms with Gasteiger partial charge in [-0.25, -0.2) is 14.4 Å². The van der Waals surface area contributed by atoms with Gasteiger partial charge in [-0.2, -0.15) is 0 Å². The van der Waals surface area contributed by atoms with E-state index in [1.807, 2.05) is 17.0 Å². The minimum Gasteiger partial charge on any atom is -0.491 e. The molecule has 1 aliphatic rings. The zero-order chi connectivity index (χ0) is 24.6. The lowest BCUT2D eigenvalue weighted by Gasteiger charge is -2.34. The lowest BCUT2D eigenvalue weighted by atomic mass is 10.1. The lowest BCUT2D eigenvalue weighted by molar-refractivity contribution is -0.130. The predicted molar refractivity (Wildman–Crippen MR) is 131 cm³/mol. The molecular weight excluding hydrogens is 473 g/mol. The van der Waals surface area contributed by atoms with Crippen molar-refractivity contribution in [3.63, 3.8) is 0 Å². The molecule has 35 heavy (non-hydrogen) atoms. The highest BCUT2D eigenvalue weighted by atomic mass is 35.5. The number of ether oxygens (including phenoxy) is 1. The van der Waals surface area contributed by atoms with Gasteiger partial charge >= 0.3 is 0 Å². The molecule has 8 nitrogen and oxygen atoms in total. The second kappa shape index (κ2) is 11.6. The van der Waals surface area contributed by atoms with Gasteiger partial charge in [0.25, 0.3) is 0 Å². The van der Waals surface area contributed by atoms with Crippen LogP contribution in [0.5, 0.6) is 5.75 Å². The Morgan fingerprint density at radius 1 is 1.03 bits per heavy atom. The molecule has 2 aromatic carbocycles. The van der Waals surface area contributed by atoms with Crippen LogP contribution < -0.4 is 15.0 Å². The number of hydrogen-bond acceptors (Lipinski definition) is 6. The largest absolute Gasteiger partial charge is 0.491 e. The highest BCUT2D eigenvalue weighted by molar-refractivity contribution is 6.32. The molecule has 1 N–H and O–H groups in total. The van der Waals surface area contributed by atoms with Gasteiger partial charge in [0, 0.05) is 44.3 Å². The van der Waals surface area contributed by atoms with Crippen molar-refractivity contribution in [2.75, 3.05) is 43.0 Å². The first kappa shape index (κ1) is 24.4. The SMILES string of the molecule is O=C(CCOc1ccc(F)cc1Cl)Nc1ccc(CC(=O)N2CCN(c3ncccn3)CC2)cc1. The van der Waals surface area contributed by atoms with E-state index in [0.29, 0.717) is 50.0 Å². The maximum atomic E-state index is 13.1. The third kappa shape index (κ3) is 6.89. The van der Waals surface area contributed by atoms with Gasteiger partial charge in [0.1, 0.15) is 11.6 Å². The zero-order valence-electron chi connectivity index (χ0n) is 19.0. The number of benzene rings is 2. The van der Waals surface area contributed by atoms with E-state index in [9.17, 15) is 14.0 Å². The van der Waals surface area contributed by atoms with Crippen molar-refractivity contribution in [1.29, 1.82) is 0 Å². The van der Waals surface area contributed by atoms with Gasteiger partial charge in [-0.15, -0.1) is 0 Å². The number of rotatable bonds is 8. The molecule has 1 aromatic heterocycles. The number of nitrogens with one attached hydrogen (secondary N) is 1. The molecule has 0 aliphatic carbocycles. The molecule has 10 heteroatoms. The molecular formula is C25H25ClFN5O3. The molecule has 0 radical (unpaired) electrons. The van der Waals surface area contributed by atoms with Crippen molar-refractivity contribution in [3.05, 3.63) is 77.3 Å². The number of anilines is 2. The van der Waals surface area contributed by atoms with E-state index >= 15 is 0 Å². The Bertz CT molecular complexity index is 1160. The molecule has 182 valence electrons. The van der Waals surface area contributed by atoms with Crippen LogP contribution in [0.15, 0.2) is 60.9 Å². The fourth-order valence-electron chi connectivity index (χ4n) is 3.67. The number of aromatic nitrogens is 2. The zero-order valence-corrected chi connectivity index (χ0v) is 19.7. The van der Waals surface area contributed by atoms with Crippen LogP contribution in [0.1, 0.15) is 12.0 Å². The van der Waals surface area contributed by atoms with E-state index in [1.165, 1.54) is 12.1 Å². The number of hydrogen-bond donors (Lipinski definition) is 1. The van der Waals surface area contributed by atoms with Crippen LogP contribution in [0.25, 0.3) is 0 Å². The van der Waals surface area contributed by atoms with Gasteiger partial charge in [0.2, 0.25) is 17.8 Å². The summed E-state index contributed by atoms with van der Waals surface area (Å²) in [5, 5.41) is 2.95. The Labute approximate surface area is 207 Å². The summed E-state index contributed by atoms with van der Waals surface area (Å²) in [7, 11) is 0. The summed E-state index contributed by atoms with van der Waals surface area (Å²) < 4.78 is 18.5. The van der Waals surface area contributed by atoms with E-state index < -0.39 is 5.82 Å². The van der Waals surface area contributed by atoms with Crippen molar-refractivity contribution < 1.29 is 18.7 Å². The van der Waals surface area contributed by atoms with E-state index in [-0.39, 0.29) is 29.9 Å². The van der Waals surface area contributed by atoms with Gasteiger partial charge < -0.3 is 19.9 Å². The Hall–Kier alpha value is -3.72. The Morgan fingerprint density at radius 2 is 1.74 bits per heavy atom. The Kier molecular flexibility index (Phi) is 8.10. The molecule has 3 aromatic rings. The standard InChI is InChI=1S/C25H25ClFN5O3/c26-21-17-19(27)4-7-22(21)35-15-8-23(33)30-20-5-2-18(3-6-20)16-24(34)31-11-13-32(14-12-31)25-28-9-1-10-29-25/h1-7,9-10,17H,8,11-16H2,(H,30,33). The smallest absolute Gasteiger partial charge is 0.227 e. The molecule has 1 aliphatic heterocycles. The van der Waals surface area contributed by atoms with E-state index in [1.54, 1.807) is 30.6 Å². The summed E-state index contributed by atoms with van der Waals surface area (Å²) in [6.45, 7) is 2.73. The quantitative estimate of drug-likeness (QED) is 0.512. The first-order chi connectivity index (χ1) is 17.0. The minimum atomic E-state index is -0.453. The molecule has 1 saturated heterocycles. The van der Waals surface area contributed by atoms with Crippen LogP contribution in [-0.4, -0.2) is 59.5 Å². The molecule has 0 spiro atoms. The third-order valence-electron chi connectivity index (χ3n) is 5.54. The van der Waals surface area contributed by atoms with Gasteiger partial charge in [-0.3, -0.25) is 9.59 Å². The van der Waals surface area contributed by atoms with E-state index in [0.717, 1.165) is 11.6 Å². The fourth-order valence-corrected chi connectivity index (χ4v) is 3.89. The minimum absolute atomic E-state index is 0.0621. The monoisotopic (exact) mass is 497 g/mol. The number of amides is 2. The molecule has 4 rings (SSSR count). The van der Waals surface area contributed by atoms with Crippen LogP contribution >= 0.6 is 11.6 Å². The highest BCUT2D eigenvalue weighted by Gasteiger charge is 2.22. The fraction of sp³-hybridized carbons (Fsp3) is 0.280. The second-order valence-corrected chi connectivity index (χ2v) is 8.42. The second-order valence-electron chi connectivity index (χ2n) is 8.01. The number of piperazine rings is 1. The third-order valence-corrected chi connectivity index (χ3v) is 5.84. The topological polar surface area (TPSA) is 87.7 Å². The maximum absolute atomic E-state index is 13.1. The Morgan fingerprint density at radius 3 is 2.43 bits per heavy atom. The predicted octanol–water partition coefficient (Wildman–Crippen LogP) is 3.57. The molecule has 0 atom stereocenters. The van der Waals surface area contributed by atoms with Crippen molar-refractivity contribution in [3.8, 4) is 5.75 Å². The molecule has 0 bridgehead atoms. The van der Waals surface area contributed by atoms with Crippen LogP contribution in [0.3, 0.4) is 0 Å². The molecule has 1 fully saturated rings. The number of nitrogens with zero attached hydrogens (tertiary/aromatic N) is 4. The average molecular weight is 498 g/mol. The van der Waals surface area contributed by atoms with Crippen molar-refractivity contribution in [2.24, 2.45) is 0 Å². The maximum Gasteiger partial charge on any atom is 0.227 e. The van der Waals surface area contributed by atoms with Crippen LogP contribution in [0.2, 0.25) is 5.02 Å². The van der Waals surface area contributed by atoms with E-state index in [2.05, 4.69) is 20.2 Å². The first-order valence-electron chi connectivity index (χ1n) is 11.2. The molecule has 0 saturated carbocycles. The normalized spacial score (nSPS) is 13.4. The average Bonchev–Trinajstić information content (AvgIpc) is 2.87. The summed E-state index contributed by atoms with van der Waals surface area (Å²) in [5.41, 5.74) is 1.50. The first-order valence-corrected chi connectivity index (χ1v) is 11.6. The summed E-state index contributed by atoms with van der Waals surface area (Å²) in [6.07, 6.45) is 3.82.